The molecule has 19 heavy (non-hydrogen) atoms. The van der Waals surface area contributed by atoms with Crippen molar-refractivity contribution in [2.24, 2.45) is 16.7 Å². The second-order valence-electron chi connectivity index (χ2n) is 7.61. The molecule has 1 aliphatic carbocycles. The van der Waals surface area contributed by atoms with Crippen molar-refractivity contribution in [2.75, 3.05) is 6.61 Å². The van der Waals surface area contributed by atoms with Crippen LogP contribution in [0.4, 0.5) is 0 Å². The molecule has 1 rings (SSSR count). The zero-order valence-corrected chi connectivity index (χ0v) is 13.4. The summed E-state index contributed by atoms with van der Waals surface area (Å²) in [6.45, 7) is 12.9. The second kappa shape index (κ2) is 5.43. The van der Waals surface area contributed by atoms with Gasteiger partial charge in [-0.05, 0) is 49.4 Å². The Balaban J connectivity index is 3.00. The van der Waals surface area contributed by atoms with Gasteiger partial charge >= 0.3 is 5.97 Å². The number of esters is 1. The summed E-state index contributed by atoms with van der Waals surface area (Å²) in [5.41, 5.74) is -1.02. The van der Waals surface area contributed by atoms with Crippen molar-refractivity contribution >= 4 is 5.97 Å². The number of aliphatic hydroxyl groups is 1. The highest BCUT2D eigenvalue weighted by Gasteiger charge is 2.50. The lowest BCUT2D eigenvalue weighted by Crippen LogP contribution is -2.51. The largest absolute Gasteiger partial charge is 0.464 e. The molecule has 0 bridgehead atoms. The zero-order valence-electron chi connectivity index (χ0n) is 13.4. The lowest BCUT2D eigenvalue weighted by Gasteiger charge is -2.49. The fourth-order valence-electron chi connectivity index (χ4n) is 4.04. The van der Waals surface area contributed by atoms with Crippen molar-refractivity contribution in [3.63, 3.8) is 0 Å². The van der Waals surface area contributed by atoms with Gasteiger partial charge in [-0.25, -0.2) is 4.79 Å². The predicted molar refractivity (Wildman–Crippen MR) is 76.8 cm³/mol. The summed E-state index contributed by atoms with van der Waals surface area (Å²) >= 11 is 0. The van der Waals surface area contributed by atoms with Crippen LogP contribution in [0.2, 0.25) is 0 Å². The fourth-order valence-corrected chi connectivity index (χ4v) is 4.04. The van der Waals surface area contributed by atoms with E-state index < -0.39 is 11.6 Å². The maximum Gasteiger partial charge on any atom is 0.338 e. The van der Waals surface area contributed by atoms with Crippen LogP contribution < -0.4 is 0 Å². The van der Waals surface area contributed by atoms with Gasteiger partial charge in [0.2, 0.25) is 0 Å². The molecule has 1 unspecified atom stereocenters. The van der Waals surface area contributed by atoms with Crippen molar-refractivity contribution in [1.29, 1.82) is 0 Å². The van der Waals surface area contributed by atoms with Crippen LogP contribution in [0.1, 0.15) is 67.2 Å². The van der Waals surface area contributed by atoms with Gasteiger partial charge in [0.15, 0.2) is 5.60 Å². The van der Waals surface area contributed by atoms with Gasteiger partial charge in [-0.1, -0.05) is 34.6 Å². The summed E-state index contributed by atoms with van der Waals surface area (Å²) in [7, 11) is 0. The van der Waals surface area contributed by atoms with Gasteiger partial charge in [-0.2, -0.15) is 0 Å². The number of rotatable bonds is 4. The van der Waals surface area contributed by atoms with E-state index in [2.05, 4.69) is 27.7 Å². The first kappa shape index (κ1) is 16.5. The smallest absolute Gasteiger partial charge is 0.338 e. The Kier molecular flexibility index (Phi) is 4.71. The lowest BCUT2D eigenvalue weighted by atomic mass is 9.57. The molecule has 0 saturated heterocycles. The molecule has 0 aromatic rings. The van der Waals surface area contributed by atoms with E-state index in [0.717, 1.165) is 19.3 Å². The third kappa shape index (κ3) is 3.71. The SMILES string of the molecule is CCOC(=O)C(O)(CC)C1CC(C)(C)CC(C)(C)C1. The quantitative estimate of drug-likeness (QED) is 0.795. The van der Waals surface area contributed by atoms with E-state index >= 15 is 0 Å². The summed E-state index contributed by atoms with van der Waals surface area (Å²) < 4.78 is 5.10. The van der Waals surface area contributed by atoms with E-state index in [9.17, 15) is 9.90 Å². The highest BCUT2D eigenvalue weighted by atomic mass is 16.5. The van der Waals surface area contributed by atoms with Crippen molar-refractivity contribution in [1.82, 2.24) is 0 Å². The Morgan fingerprint density at radius 1 is 1.21 bits per heavy atom. The molecule has 1 atom stereocenters. The van der Waals surface area contributed by atoms with Crippen LogP contribution in [0.3, 0.4) is 0 Å². The molecule has 112 valence electrons. The molecule has 1 aliphatic rings. The number of carbonyl (C=O) groups is 1. The van der Waals surface area contributed by atoms with Crippen LogP contribution in [0, 0.1) is 16.7 Å². The Labute approximate surface area is 117 Å². The van der Waals surface area contributed by atoms with E-state index in [1.807, 2.05) is 6.92 Å². The highest BCUT2D eigenvalue weighted by Crippen LogP contribution is 2.51. The van der Waals surface area contributed by atoms with Gasteiger partial charge in [0.1, 0.15) is 0 Å². The number of carbonyl (C=O) groups excluding carboxylic acids is 1. The first-order valence-electron chi connectivity index (χ1n) is 7.46. The molecule has 0 amide bonds. The maximum atomic E-state index is 12.1. The van der Waals surface area contributed by atoms with Crippen LogP contribution in [-0.2, 0) is 9.53 Å². The van der Waals surface area contributed by atoms with Gasteiger partial charge in [-0.15, -0.1) is 0 Å². The summed E-state index contributed by atoms with van der Waals surface area (Å²) in [6.07, 6.45) is 3.29. The van der Waals surface area contributed by atoms with Gasteiger partial charge in [0.25, 0.3) is 0 Å². The van der Waals surface area contributed by atoms with Gasteiger partial charge in [-0.3, -0.25) is 0 Å². The highest BCUT2D eigenvalue weighted by molar-refractivity contribution is 5.79. The van der Waals surface area contributed by atoms with Crippen molar-refractivity contribution < 1.29 is 14.6 Å². The molecular formula is C16H30O3. The van der Waals surface area contributed by atoms with E-state index in [1.54, 1.807) is 6.92 Å². The Morgan fingerprint density at radius 2 is 1.68 bits per heavy atom. The fraction of sp³-hybridized carbons (Fsp3) is 0.938. The molecule has 0 spiro atoms. The normalized spacial score (nSPS) is 25.6. The third-order valence-electron chi connectivity index (χ3n) is 4.40. The molecule has 3 nitrogen and oxygen atoms in total. The van der Waals surface area contributed by atoms with Gasteiger partial charge in [0, 0.05) is 0 Å². The average molecular weight is 270 g/mol. The topological polar surface area (TPSA) is 46.5 Å². The average Bonchev–Trinajstić information content (AvgIpc) is 2.23. The number of ether oxygens (including phenoxy) is 1. The molecule has 1 N–H and O–H groups in total. The third-order valence-corrected chi connectivity index (χ3v) is 4.40. The molecule has 0 heterocycles. The van der Waals surface area contributed by atoms with Crippen molar-refractivity contribution in [2.45, 2.75) is 72.8 Å². The van der Waals surface area contributed by atoms with Crippen molar-refractivity contribution in [3.8, 4) is 0 Å². The van der Waals surface area contributed by atoms with Crippen LogP contribution >= 0.6 is 0 Å². The first-order valence-corrected chi connectivity index (χ1v) is 7.46. The Bertz CT molecular complexity index is 317. The molecule has 3 heteroatoms. The molecular weight excluding hydrogens is 240 g/mol. The number of hydrogen-bond donors (Lipinski definition) is 1. The molecule has 0 radical (unpaired) electrons. The summed E-state index contributed by atoms with van der Waals surface area (Å²) in [5, 5.41) is 10.8. The molecule has 0 aromatic heterocycles. The number of hydrogen-bond acceptors (Lipinski definition) is 3. The first-order chi connectivity index (χ1) is 8.56. The minimum absolute atomic E-state index is 0.0182. The van der Waals surface area contributed by atoms with E-state index in [-0.39, 0.29) is 16.7 Å². The molecule has 0 aromatic carbocycles. The van der Waals surface area contributed by atoms with E-state index in [0.29, 0.717) is 13.0 Å². The van der Waals surface area contributed by atoms with Crippen LogP contribution in [0.25, 0.3) is 0 Å². The minimum Gasteiger partial charge on any atom is -0.464 e. The molecule has 0 aliphatic heterocycles. The van der Waals surface area contributed by atoms with Gasteiger partial charge in [0.05, 0.1) is 6.61 Å². The van der Waals surface area contributed by atoms with Crippen LogP contribution in [0.15, 0.2) is 0 Å². The Hall–Kier alpha value is -0.570. The summed E-state index contributed by atoms with van der Waals surface area (Å²) in [5.74, 6) is -0.466. The predicted octanol–water partition coefficient (Wildman–Crippen LogP) is 3.54. The van der Waals surface area contributed by atoms with E-state index in [4.69, 9.17) is 4.74 Å². The second-order valence-corrected chi connectivity index (χ2v) is 7.61. The Morgan fingerprint density at radius 3 is 2.05 bits per heavy atom. The van der Waals surface area contributed by atoms with Gasteiger partial charge < -0.3 is 9.84 Å². The van der Waals surface area contributed by atoms with Crippen LogP contribution in [-0.4, -0.2) is 23.3 Å². The van der Waals surface area contributed by atoms with Crippen molar-refractivity contribution in [3.05, 3.63) is 0 Å². The minimum atomic E-state index is -1.33. The zero-order chi connectivity index (χ0) is 14.9. The standard InChI is InChI=1S/C16H30O3/c1-7-16(18,13(17)19-8-2)12-9-14(3,4)11-15(5,6)10-12/h12,18H,7-11H2,1-6H3. The van der Waals surface area contributed by atoms with E-state index in [1.165, 1.54) is 0 Å². The summed E-state index contributed by atoms with van der Waals surface area (Å²) in [6, 6.07) is 0. The summed E-state index contributed by atoms with van der Waals surface area (Å²) in [4.78, 5) is 12.1. The van der Waals surface area contributed by atoms with Crippen LogP contribution in [0.5, 0.6) is 0 Å². The maximum absolute atomic E-state index is 12.1. The molecule has 1 saturated carbocycles. The lowest BCUT2D eigenvalue weighted by molar-refractivity contribution is -0.178. The molecule has 1 fully saturated rings. The monoisotopic (exact) mass is 270 g/mol.